The van der Waals surface area contributed by atoms with Gasteiger partial charge in [0.2, 0.25) is 0 Å². The summed E-state index contributed by atoms with van der Waals surface area (Å²) in [6, 6.07) is 7.52. The normalized spacial score (nSPS) is 24.4. The van der Waals surface area contributed by atoms with Crippen LogP contribution in [0.4, 0.5) is 0 Å². The molecule has 1 aromatic rings. The van der Waals surface area contributed by atoms with E-state index >= 15 is 0 Å². The van der Waals surface area contributed by atoms with Gasteiger partial charge in [-0.3, -0.25) is 5.32 Å². The van der Waals surface area contributed by atoms with Crippen molar-refractivity contribution >= 4 is 11.6 Å². The number of nitrogens with two attached hydrogens (primary N) is 1. The predicted octanol–water partition coefficient (Wildman–Crippen LogP) is 3.69. The zero-order chi connectivity index (χ0) is 19.5. The molecule has 0 radical (unpaired) electrons. The van der Waals surface area contributed by atoms with Crippen molar-refractivity contribution in [3.8, 4) is 11.8 Å². The second kappa shape index (κ2) is 8.14. The van der Waals surface area contributed by atoms with E-state index in [1.807, 2.05) is 6.92 Å². The number of ether oxygens (including phenoxy) is 2. The average molecular weight is 380 g/mol. The fourth-order valence-corrected chi connectivity index (χ4v) is 4.55. The van der Waals surface area contributed by atoms with Crippen molar-refractivity contribution in [2.45, 2.75) is 59.3 Å². The number of hydrogen-bond acceptors (Lipinski definition) is 5. The summed E-state index contributed by atoms with van der Waals surface area (Å²) < 4.78 is 12.1. The van der Waals surface area contributed by atoms with Crippen LogP contribution in [0.25, 0.3) is 0 Å². The Morgan fingerprint density at radius 2 is 1.96 bits per heavy atom. The number of hydrogen-bond donors (Lipinski definition) is 2. The Balaban J connectivity index is 2.01. The molecule has 0 amide bonds. The quantitative estimate of drug-likeness (QED) is 0.673. The summed E-state index contributed by atoms with van der Waals surface area (Å²) in [5.74, 6) is 0.686. The zero-order valence-electron chi connectivity index (χ0n) is 16.3. The SMILES string of the molecule is CC(CCN)OCNC1C(C)(C)C(Oc2ccc(C#N)c(Cl)c2)C1(C)C. The summed E-state index contributed by atoms with van der Waals surface area (Å²) in [6.45, 7) is 11.9. The van der Waals surface area contributed by atoms with Gasteiger partial charge in [0.1, 0.15) is 17.9 Å². The number of halogens is 1. The van der Waals surface area contributed by atoms with E-state index in [1.54, 1.807) is 18.2 Å². The maximum Gasteiger partial charge on any atom is 0.121 e. The first-order valence-corrected chi connectivity index (χ1v) is 9.43. The van der Waals surface area contributed by atoms with E-state index in [2.05, 4.69) is 39.1 Å². The maximum atomic E-state index is 9.00. The molecule has 0 heterocycles. The highest BCUT2D eigenvalue weighted by Crippen LogP contribution is 2.55. The fourth-order valence-electron chi connectivity index (χ4n) is 4.34. The summed E-state index contributed by atoms with van der Waals surface area (Å²) in [5.41, 5.74) is 5.86. The Kier molecular flexibility index (Phi) is 6.57. The molecule has 0 saturated heterocycles. The van der Waals surface area contributed by atoms with Crippen LogP contribution in [0.2, 0.25) is 5.02 Å². The smallest absolute Gasteiger partial charge is 0.121 e. The maximum absolute atomic E-state index is 9.00. The van der Waals surface area contributed by atoms with E-state index in [-0.39, 0.29) is 29.1 Å². The molecule has 26 heavy (non-hydrogen) atoms. The van der Waals surface area contributed by atoms with Crippen molar-refractivity contribution in [1.29, 1.82) is 5.26 Å². The van der Waals surface area contributed by atoms with Gasteiger partial charge in [-0.15, -0.1) is 0 Å². The Bertz CT molecular complexity index is 654. The molecule has 2 rings (SSSR count). The lowest BCUT2D eigenvalue weighted by Gasteiger charge is -2.63. The van der Waals surface area contributed by atoms with Crippen molar-refractivity contribution in [2.75, 3.05) is 13.3 Å². The minimum Gasteiger partial charge on any atom is -0.489 e. The molecule has 5 nitrogen and oxygen atoms in total. The summed E-state index contributed by atoms with van der Waals surface area (Å²) in [5, 5.41) is 12.9. The first-order valence-electron chi connectivity index (χ1n) is 9.06. The van der Waals surface area contributed by atoms with Crippen molar-refractivity contribution in [1.82, 2.24) is 5.32 Å². The average Bonchev–Trinajstić information content (AvgIpc) is 2.56. The number of benzene rings is 1. The van der Waals surface area contributed by atoms with Crippen molar-refractivity contribution < 1.29 is 9.47 Å². The molecule has 1 aromatic carbocycles. The van der Waals surface area contributed by atoms with Crippen molar-refractivity contribution in [3.63, 3.8) is 0 Å². The van der Waals surface area contributed by atoms with E-state index in [4.69, 9.17) is 32.1 Å². The molecule has 0 spiro atoms. The van der Waals surface area contributed by atoms with Crippen LogP contribution in [-0.2, 0) is 4.74 Å². The van der Waals surface area contributed by atoms with Crippen LogP contribution in [0.3, 0.4) is 0 Å². The molecule has 0 aromatic heterocycles. The molecular formula is C20H30ClN3O2. The van der Waals surface area contributed by atoms with Gasteiger partial charge in [0.25, 0.3) is 0 Å². The van der Waals surface area contributed by atoms with Crippen LogP contribution in [-0.4, -0.2) is 31.5 Å². The molecular weight excluding hydrogens is 350 g/mol. The minimum atomic E-state index is -0.0790. The number of rotatable bonds is 8. The van der Waals surface area contributed by atoms with Gasteiger partial charge in [0.05, 0.1) is 23.4 Å². The van der Waals surface area contributed by atoms with Gasteiger partial charge < -0.3 is 15.2 Å². The van der Waals surface area contributed by atoms with Crippen LogP contribution in [0.5, 0.6) is 5.75 Å². The Morgan fingerprint density at radius 3 is 2.50 bits per heavy atom. The third kappa shape index (κ3) is 4.15. The Hall–Kier alpha value is -1.32. The number of nitrogens with one attached hydrogen (secondary N) is 1. The topological polar surface area (TPSA) is 80.3 Å². The van der Waals surface area contributed by atoms with Crippen LogP contribution < -0.4 is 15.8 Å². The van der Waals surface area contributed by atoms with Crippen LogP contribution in [0, 0.1) is 22.2 Å². The number of nitriles is 1. The van der Waals surface area contributed by atoms with Gasteiger partial charge in [-0.05, 0) is 32.0 Å². The van der Waals surface area contributed by atoms with Crippen LogP contribution in [0.1, 0.15) is 46.6 Å². The molecule has 0 aliphatic heterocycles. The third-order valence-corrected chi connectivity index (χ3v) is 5.70. The summed E-state index contributed by atoms with van der Waals surface area (Å²) in [6.07, 6.45) is 1.01. The third-order valence-electron chi connectivity index (χ3n) is 5.38. The Morgan fingerprint density at radius 1 is 1.31 bits per heavy atom. The second-order valence-electron chi connectivity index (χ2n) is 8.23. The van der Waals surface area contributed by atoms with E-state index < -0.39 is 0 Å². The largest absolute Gasteiger partial charge is 0.489 e. The molecule has 0 bridgehead atoms. The van der Waals surface area contributed by atoms with Crippen molar-refractivity contribution in [3.05, 3.63) is 28.8 Å². The van der Waals surface area contributed by atoms with E-state index in [9.17, 15) is 0 Å². The van der Waals surface area contributed by atoms with E-state index in [1.165, 1.54) is 0 Å². The first kappa shape index (κ1) is 21.0. The lowest BCUT2D eigenvalue weighted by Crippen LogP contribution is -2.74. The molecule has 1 aliphatic carbocycles. The minimum absolute atomic E-state index is 0.0120. The van der Waals surface area contributed by atoms with Crippen LogP contribution >= 0.6 is 11.6 Å². The highest BCUT2D eigenvalue weighted by molar-refractivity contribution is 6.31. The van der Waals surface area contributed by atoms with Gasteiger partial charge >= 0.3 is 0 Å². The fraction of sp³-hybridized carbons (Fsp3) is 0.650. The lowest BCUT2D eigenvalue weighted by molar-refractivity contribution is -0.176. The molecule has 3 N–H and O–H groups in total. The Labute approximate surface area is 161 Å². The van der Waals surface area contributed by atoms with E-state index in [0.717, 1.165) is 6.42 Å². The highest BCUT2D eigenvalue weighted by Gasteiger charge is 2.63. The molecule has 1 unspecified atom stereocenters. The predicted molar refractivity (Wildman–Crippen MR) is 104 cm³/mol. The monoisotopic (exact) mass is 379 g/mol. The number of nitrogens with zero attached hydrogens (tertiary/aromatic N) is 1. The van der Waals surface area contributed by atoms with E-state index in [0.29, 0.717) is 29.6 Å². The zero-order valence-corrected chi connectivity index (χ0v) is 17.1. The molecule has 1 saturated carbocycles. The highest BCUT2D eigenvalue weighted by atomic mass is 35.5. The van der Waals surface area contributed by atoms with Crippen molar-refractivity contribution in [2.24, 2.45) is 16.6 Å². The van der Waals surface area contributed by atoms with Gasteiger partial charge in [0.15, 0.2) is 0 Å². The van der Waals surface area contributed by atoms with Gasteiger partial charge in [0, 0.05) is 22.9 Å². The second-order valence-corrected chi connectivity index (χ2v) is 8.64. The standard InChI is InChI=1S/C20H30ClN3O2/c1-13(8-9-22)25-12-24-17-19(2,3)18(20(17,4)5)26-15-7-6-14(11-23)16(21)10-15/h6-7,10,13,17-18,24H,8-9,12,22H2,1-5H3. The lowest BCUT2D eigenvalue weighted by atomic mass is 9.49. The molecule has 1 aliphatic rings. The summed E-state index contributed by atoms with van der Waals surface area (Å²) in [7, 11) is 0. The molecule has 1 fully saturated rings. The van der Waals surface area contributed by atoms with Gasteiger partial charge in [-0.25, -0.2) is 0 Å². The summed E-state index contributed by atoms with van der Waals surface area (Å²) >= 11 is 6.13. The molecule has 6 heteroatoms. The molecule has 144 valence electrons. The van der Waals surface area contributed by atoms with Gasteiger partial charge in [-0.1, -0.05) is 39.3 Å². The molecule has 1 atom stereocenters. The van der Waals surface area contributed by atoms with Crippen LogP contribution in [0.15, 0.2) is 18.2 Å². The first-order chi connectivity index (χ1) is 12.1. The summed E-state index contributed by atoms with van der Waals surface area (Å²) in [4.78, 5) is 0. The van der Waals surface area contributed by atoms with Gasteiger partial charge in [-0.2, -0.15) is 5.26 Å².